The lowest BCUT2D eigenvalue weighted by Gasteiger charge is -2.38. The molecule has 1 aromatic carbocycles. The summed E-state index contributed by atoms with van der Waals surface area (Å²) in [7, 11) is 0. The molecule has 0 aliphatic carbocycles. The fourth-order valence-electron chi connectivity index (χ4n) is 5.08. The number of carbonyl (C=O) groups excluding carboxylic acids is 2. The number of amides is 2. The third kappa shape index (κ3) is 7.32. The first-order chi connectivity index (χ1) is 16.0. The van der Waals surface area contributed by atoms with E-state index in [9.17, 15) is 9.59 Å². The Morgan fingerprint density at radius 2 is 1.89 bits per heavy atom. The number of rotatable bonds is 8. The van der Waals surface area contributed by atoms with Gasteiger partial charge in [-0.2, -0.15) is 0 Å². The average molecular weight is 542 g/mol. The zero-order valence-corrected chi connectivity index (χ0v) is 22.5. The number of benzene rings is 1. The molecule has 9 heteroatoms. The third-order valence-electron chi connectivity index (χ3n) is 7.15. The minimum absolute atomic E-state index is 0. The fraction of sp³-hybridized carbons (Fsp3) is 0.500. The van der Waals surface area contributed by atoms with Gasteiger partial charge in [-0.3, -0.25) is 14.6 Å². The number of nitrogens with zero attached hydrogens (tertiary/aromatic N) is 3. The van der Waals surface area contributed by atoms with Crippen molar-refractivity contribution < 1.29 is 9.59 Å². The maximum Gasteiger partial charge on any atom is 0.229 e. The van der Waals surface area contributed by atoms with Gasteiger partial charge in [0.2, 0.25) is 11.8 Å². The van der Waals surface area contributed by atoms with Crippen LogP contribution >= 0.6 is 36.4 Å². The van der Waals surface area contributed by atoms with Gasteiger partial charge in [0.05, 0.1) is 11.5 Å². The lowest BCUT2D eigenvalue weighted by molar-refractivity contribution is -0.139. The molecule has 2 saturated heterocycles. The molecule has 4 rings (SSSR count). The van der Waals surface area contributed by atoms with Crippen molar-refractivity contribution in [3.05, 3.63) is 64.9 Å². The van der Waals surface area contributed by atoms with E-state index in [0.29, 0.717) is 23.9 Å². The normalized spacial score (nSPS) is 18.0. The monoisotopic (exact) mass is 540 g/mol. The summed E-state index contributed by atoms with van der Waals surface area (Å²) in [6, 6.07) is 11.6. The van der Waals surface area contributed by atoms with Gasteiger partial charge in [-0.1, -0.05) is 36.7 Å². The van der Waals surface area contributed by atoms with Crippen LogP contribution in [0.5, 0.6) is 0 Å². The number of carbonyl (C=O) groups is 2. The van der Waals surface area contributed by atoms with E-state index in [4.69, 9.17) is 11.6 Å². The number of hydrogen-bond donors (Lipinski definition) is 1. The topological polar surface area (TPSA) is 65.5 Å². The van der Waals surface area contributed by atoms with Crippen LogP contribution in [0.25, 0.3) is 0 Å². The molecule has 0 saturated carbocycles. The second kappa shape index (κ2) is 13.4. The van der Waals surface area contributed by atoms with Gasteiger partial charge in [0.15, 0.2) is 0 Å². The number of pyridine rings is 1. The van der Waals surface area contributed by atoms with Crippen molar-refractivity contribution in [2.45, 2.75) is 51.6 Å². The summed E-state index contributed by atoms with van der Waals surface area (Å²) in [5.74, 6) is 0.348. The molecule has 1 spiro atoms. The van der Waals surface area contributed by atoms with Gasteiger partial charge in [0.25, 0.3) is 0 Å². The Kier molecular flexibility index (Phi) is 11.3. The second-order valence-corrected chi connectivity index (χ2v) is 9.71. The molecule has 2 aliphatic heterocycles. The van der Waals surface area contributed by atoms with Gasteiger partial charge in [-0.25, -0.2) is 0 Å². The predicted molar refractivity (Wildman–Crippen MR) is 144 cm³/mol. The number of likely N-dealkylation sites (tertiary alicyclic amines) is 2. The number of halogens is 3. The molecule has 2 amide bonds. The van der Waals surface area contributed by atoms with E-state index in [2.05, 4.69) is 15.2 Å². The molecule has 192 valence electrons. The van der Waals surface area contributed by atoms with Gasteiger partial charge in [-0.15, -0.1) is 24.8 Å². The Hall–Kier alpha value is -1.86. The zero-order valence-electron chi connectivity index (χ0n) is 20.1. The van der Waals surface area contributed by atoms with Crippen LogP contribution in [0.2, 0.25) is 5.02 Å². The predicted octanol–water partition coefficient (Wildman–Crippen LogP) is 5.05. The van der Waals surface area contributed by atoms with Gasteiger partial charge >= 0.3 is 0 Å². The molecular weight excluding hydrogens is 507 g/mol. The Balaban J connectivity index is 0.00000216. The van der Waals surface area contributed by atoms with Crippen LogP contribution in [0.15, 0.2) is 48.8 Å². The van der Waals surface area contributed by atoms with E-state index < -0.39 is 0 Å². The lowest BCUT2D eigenvalue weighted by Crippen LogP contribution is -2.45. The van der Waals surface area contributed by atoms with Crippen molar-refractivity contribution in [1.82, 2.24) is 20.1 Å². The van der Waals surface area contributed by atoms with Gasteiger partial charge in [-0.05, 0) is 68.1 Å². The van der Waals surface area contributed by atoms with Crippen molar-refractivity contribution in [3.63, 3.8) is 0 Å². The summed E-state index contributed by atoms with van der Waals surface area (Å²) in [5.41, 5.74) is 1.91. The van der Waals surface area contributed by atoms with E-state index in [-0.39, 0.29) is 42.2 Å². The van der Waals surface area contributed by atoms with Crippen LogP contribution in [-0.4, -0.2) is 52.8 Å². The summed E-state index contributed by atoms with van der Waals surface area (Å²) in [6.07, 6.45) is 7.63. The van der Waals surface area contributed by atoms with Crippen molar-refractivity contribution in [2.24, 2.45) is 5.41 Å². The molecule has 1 N–H and O–H groups in total. The highest BCUT2D eigenvalue weighted by Gasteiger charge is 2.47. The summed E-state index contributed by atoms with van der Waals surface area (Å²) < 4.78 is 0. The minimum atomic E-state index is -0.207. The first kappa shape index (κ1) is 29.4. The quantitative estimate of drug-likeness (QED) is 0.508. The lowest BCUT2D eigenvalue weighted by atomic mass is 9.77. The smallest absolute Gasteiger partial charge is 0.229 e. The molecule has 1 unspecified atom stereocenters. The zero-order chi connectivity index (χ0) is 23.3. The van der Waals surface area contributed by atoms with Crippen molar-refractivity contribution in [1.29, 1.82) is 0 Å². The minimum Gasteiger partial charge on any atom is -0.349 e. The summed E-state index contributed by atoms with van der Waals surface area (Å²) in [4.78, 5) is 34.0. The van der Waals surface area contributed by atoms with Crippen LogP contribution in [-0.2, 0) is 16.1 Å². The van der Waals surface area contributed by atoms with E-state index >= 15 is 0 Å². The molecule has 3 heterocycles. The number of nitrogens with one attached hydrogen (secondary N) is 1. The van der Waals surface area contributed by atoms with Crippen LogP contribution in [0, 0.1) is 5.41 Å². The van der Waals surface area contributed by atoms with Crippen molar-refractivity contribution >= 4 is 48.2 Å². The SMILES string of the molecule is CCC(=O)NC(CCN1CCC2(CC1)CCN(Cc1cccnc1)C2=O)c1cccc(Cl)c1.Cl.Cl. The number of piperidine rings is 1. The Bertz CT molecular complexity index is 968. The van der Waals surface area contributed by atoms with Crippen molar-refractivity contribution in [3.8, 4) is 0 Å². The van der Waals surface area contributed by atoms with Crippen molar-refractivity contribution in [2.75, 3.05) is 26.2 Å². The molecular formula is C26H35Cl3N4O2. The molecule has 2 aromatic rings. The molecule has 1 atom stereocenters. The van der Waals surface area contributed by atoms with Gasteiger partial charge in [0, 0.05) is 43.5 Å². The van der Waals surface area contributed by atoms with Crippen LogP contribution in [0.1, 0.15) is 56.2 Å². The first-order valence-corrected chi connectivity index (χ1v) is 12.3. The van der Waals surface area contributed by atoms with E-state index in [1.165, 1.54) is 0 Å². The van der Waals surface area contributed by atoms with Crippen LogP contribution in [0.4, 0.5) is 0 Å². The maximum atomic E-state index is 13.3. The van der Waals surface area contributed by atoms with Gasteiger partial charge < -0.3 is 15.1 Å². The summed E-state index contributed by atoms with van der Waals surface area (Å²) in [6.45, 7) is 6.05. The van der Waals surface area contributed by atoms with E-state index in [1.54, 1.807) is 6.20 Å². The Morgan fingerprint density at radius 1 is 1.14 bits per heavy atom. The maximum absolute atomic E-state index is 13.3. The summed E-state index contributed by atoms with van der Waals surface area (Å²) in [5, 5.41) is 3.82. The molecule has 0 bridgehead atoms. The summed E-state index contributed by atoms with van der Waals surface area (Å²) >= 11 is 6.19. The number of aromatic nitrogens is 1. The highest BCUT2D eigenvalue weighted by atomic mass is 35.5. The van der Waals surface area contributed by atoms with Crippen LogP contribution in [0.3, 0.4) is 0 Å². The van der Waals surface area contributed by atoms with Gasteiger partial charge in [0.1, 0.15) is 0 Å². The van der Waals surface area contributed by atoms with Crippen LogP contribution < -0.4 is 5.32 Å². The Labute approximate surface area is 225 Å². The fourth-order valence-corrected chi connectivity index (χ4v) is 5.28. The largest absolute Gasteiger partial charge is 0.349 e. The molecule has 35 heavy (non-hydrogen) atoms. The molecule has 2 fully saturated rings. The molecule has 6 nitrogen and oxygen atoms in total. The van der Waals surface area contributed by atoms with E-state index in [1.807, 2.05) is 54.4 Å². The highest BCUT2D eigenvalue weighted by molar-refractivity contribution is 6.30. The Morgan fingerprint density at radius 3 is 2.54 bits per heavy atom. The first-order valence-electron chi connectivity index (χ1n) is 11.9. The molecule has 0 radical (unpaired) electrons. The average Bonchev–Trinajstić information content (AvgIpc) is 3.13. The molecule has 2 aliphatic rings. The molecule has 1 aromatic heterocycles. The second-order valence-electron chi connectivity index (χ2n) is 9.28. The number of hydrogen-bond acceptors (Lipinski definition) is 4. The standard InChI is InChI=1S/C26H33ClN4O2.2ClH/c1-2-24(32)29-23(21-6-3-7-22(27)17-21)8-13-30-14-9-26(10-15-30)11-16-31(25(26)33)19-20-5-4-12-28-18-20;;/h3-7,12,17-18,23H,2,8-11,13-16,19H2,1H3,(H,29,32);2*1H. The third-order valence-corrected chi connectivity index (χ3v) is 7.39. The van der Waals surface area contributed by atoms with E-state index in [0.717, 1.165) is 63.0 Å². The highest BCUT2D eigenvalue weighted by Crippen LogP contribution is 2.42.